The lowest BCUT2D eigenvalue weighted by Crippen LogP contribution is -2.28. The summed E-state index contributed by atoms with van der Waals surface area (Å²) < 4.78 is 10.6. The van der Waals surface area contributed by atoms with Crippen LogP contribution in [0, 0.1) is 0 Å². The molecule has 0 spiro atoms. The predicted octanol–water partition coefficient (Wildman–Crippen LogP) is 15.0. The van der Waals surface area contributed by atoms with Crippen LogP contribution < -0.4 is 0 Å². The van der Waals surface area contributed by atoms with Crippen LogP contribution >= 0.6 is 0 Å². The molecule has 5 nitrogen and oxygen atoms in total. The Balaban J connectivity index is 3.66. The van der Waals surface area contributed by atoms with E-state index in [2.05, 4.69) is 123 Å². The predicted molar refractivity (Wildman–Crippen MR) is 246 cm³/mol. The van der Waals surface area contributed by atoms with Gasteiger partial charge in [0.15, 0.2) is 6.10 Å². The molecule has 0 saturated heterocycles. The van der Waals surface area contributed by atoms with E-state index >= 15 is 0 Å². The molecule has 0 bridgehead atoms. The van der Waals surface area contributed by atoms with Crippen LogP contribution in [0.5, 0.6) is 0 Å². The number of carbonyl (C=O) groups excluding carboxylic acids is 2. The molecule has 0 radical (unpaired) electrons. The van der Waals surface area contributed by atoms with Gasteiger partial charge in [-0.3, -0.25) is 9.59 Å². The van der Waals surface area contributed by atoms with E-state index in [9.17, 15) is 14.7 Å². The molecule has 0 aromatic rings. The lowest BCUT2D eigenvalue weighted by atomic mass is 10.1. The first-order valence-electron chi connectivity index (χ1n) is 22.9. The summed E-state index contributed by atoms with van der Waals surface area (Å²) in [5, 5.41) is 9.59. The monoisotopic (exact) mass is 789 g/mol. The molecular formula is C52H84O5. The Hall–Kier alpha value is -3.44. The minimum absolute atomic E-state index is 0.0882. The van der Waals surface area contributed by atoms with Crippen LogP contribution in [0.2, 0.25) is 0 Å². The van der Waals surface area contributed by atoms with E-state index in [0.717, 1.165) is 116 Å². The Kier molecular flexibility index (Phi) is 44.1. The fourth-order valence-electron chi connectivity index (χ4n) is 5.86. The highest BCUT2D eigenvalue weighted by molar-refractivity contribution is 5.70. The Morgan fingerprint density at radius 1 is 0.421 bits per heavy atom. The molecular weight excluding hydrogens is 705 g/mol. The largest absolute Gasteiger partial charge is 0.462 e. The van der Waals surface area contributed by atoms with Crippen molar-refractivity contribution in [2.24, 2.45) is 0 Å². The first kappa shape index (κ1) is 53.6. The van der Waals surface area contributed by atoms with Gasteiger partial charge < -0.3 is 14.6 Å². The van der Waals surface area contributed by atoms with E-state index in [1.54, 1.807) is 0 Å². The maximum absolute atomic E-state index is 12.2. The van der Waals surface area contributed by atoms with Crippen LogP contribution in [0.25, 0.3) is 0 Å². The van der Waals surface area contributed by atoms with Gasteiger partial charge in [-0.1, -0.05) is 181 Å². The number of allylic oxidation sites excluding steroid dienone is 18. The van der Waals surface area contributed by atoms with Gasteiger partial charge in [-0.05, 0) is 103 Å². The summed E-state index contributed by atoms with van der Waals surface area (Å²) in [6.07, 6.45) is 67.3. The third-order valence-electron chi connectivity index (χ3n) is 9.30. The Labute approximate surface area is 350 Å². The van der Waals surface area contributed by atoms with Crippen molar-refractivity contribution in [2.45, 2.75) is 193 Å². The molecule has 1 atom stereocenters. The second kappa shape index (κ2) is 46.9. The second-order valence-electron chi connectivity index (χ2n) is 14.7. The molecule has 0 aliphatic carbocycles. The molecule has 322 valence electrons. The topological polar surface area (TPSA) is 72.8 Å². The number of hydrogen-bond donors (Lipinski definition) is 1. The summed E-state index contributed by atoms with van der Waals surface area (Å²) in [6.45, 7) is 3.96. The standard InChI is InChI=1S/C52H84O5/c1-3-5-7-9-11-13-15-17-19-21-22-23-24-25-26-27-28-29-30-31-33-35-37-39-41-43-45-47-52(55)57-50(48-53)49-56-51(54)46-44-42-40-38-36-34-32-20-18-16-14-12-10-8-6-4-2/h5,7,11,13-14,16-17,19-20,22-23,25-26,28-29,31-33,50,53H,3-4,6,8-10,12,15,18,21,24,27,30,34-49H2,1-2H3/b7-5-,13-11-,16-14-,19-17-,23-22-,26-25-,29-28-,32-20-,33-31-. The number of esters is 2. The molecule has 0 aliphatic rings. The van der Waals surface area contributed by atoms with Gasteiger partial charge in [-0.2, -0.15) is 0 Å². The SMILES string of the molecule is CC/C=C\C/C=C\C/C=C\C/C=C\C/C=C\C/C=C\C/C=C\CCCCCCCC(=O)OC(CO)COC(=O)CCCCCCC/C=C\C/C=C\CCCCCC. The number of rotatable bonds is 40. The first-order chi connectivity index (χ1) is 28.1. The number of unbranched alkanes of at least 4 members (excludes halogenated alkanes) is 14. The molecule has 0 aliphatic heterocycles. The molecule has 0 saturated carbocycles. The van der Waals surface area contributed by atoms with Crippen molar-refractivity contribution in [3.63, 3.8) is 0 Å². The van der Waals surface area contributed by atoms with Gasteiger partial charge in [-0.25, -0.2) is 0 Å². The third-order valence-corrected chi connectivity index (χ3v) is 9.30. The van der Waals surface area contributed by atoms with Crippen LogP contribution in [0.1, 0.15) is 187 Å². The van der Waals surface area contributed by atoms with Gasteiger partial charge in [0.25, 0.3) is 0 Å². The highest BCUT2D eigenvalue weighted by Gasteiger charge is 2.16. The molecule has 0 fully saturated rings. The third kappa shape index (κ3) is 45.1. The molecule has 5 heteroatoms. The van der Waals surface area contributed by atoms with Crippen molar-refractivity contribution < 1.29 is 24.2 Å². The number of hydrogen-bond acceptors (Lipinski definition) is 5. The van der Waals surface area contributed by atoms with Gasteiger partial charge >= 0.3 is 11.9 Å². The van der Waals surface area contributed by atoms with Crippen molar-refractivity contribution in [2.75, 3.05) is 13.2 Å². The summed E-state index contributed by atoms with van der Waals surface area (Å²) in [6, 6.07) is 0. The second-order valence-corrected chi connectivity index (χ2v) is 14.7. The van der Waals surface area contributed by atoms with Crippen LogP contribution in [0.15, 0.2) is 109 Å². The zero-order valence-corrected chi connectivity index (χ0v) is 36.6. The van der Waals surface area contributed by atoms with Crippen LogP contribution in [0.3, 0.4) is 0 Å². The van der Waals surface area contributed by atoms with Crippen LogP contribution in [0.4, 0.5) is 0 Å². The first-order valence-corrected chi connectivity index (χ1v) is 22.9. The maximum Gasteiger partial charge on any atom is 0.306 e. The lowest BCUT2D eigenvalue weighted by molar-refractivity contribution is -0.161. The number of ether oxygens (including phenoxy) is 2. The van der Waals surface area contributed by atoms with E-state index in [1.807, 2.05) is 0 Å². The summed E-state index contributed by atoms with van der Waals surface area (Å²) in [7, 11) is 0. The maximum atomic E-state index is 12.2. The minimum atomic E-state index is -0.796. The fourth-order valence-corrected chi connectivity index (χ4v) is 5.86. The molecule has 57 heavy (non-hydrogen) atoms. The Morgan fingerprint density at radius 2 is 0.754 bits per heavy atom. The van der Waals surface area contributed by atoms with Gasteiger partial charge in [-0.15, -0.1) is 0 Å². The molecule has 1 N–H and O–H groups in total. The summed E-state index contributed by atoms with van der Waals surface area (Å²) in [4.78, 5) is 24.4. The number of carbonyl (C=O) groups is 2. The normalized spacial score (nSPS) is 13.2. The summed E-state index contributed by atoms with van der Waals surface area (Å²) in [5.74, 6) is -0.638. The van der Waals surface area contributed by atoms with E-state index in [0.29, 0.717) is 12.8 Å². The molecule has 0 amide bonds. The number of aliphatic hydroxyl groups excluding tert-OH is 1. The number of aliphatic hydroxyl groups is 1. The summed E-state index contributed by atoms with van der Waals surface area (Å²) >= 11 is 0. The van der Waals surface area contributed by atoms with Crippen molar-refractivity contribution in [1.82, 2.24) is 0 Å². The molecule has 0 heterocycles. The van der Waals surface area contributed by atoms with E-state index in [-0.39, 0.29) is 25.2 Å². The van der Waals surface area contributed by atoms with Gasteiger partial charge in [0, 0.05) is 12.8 Å². The molecule has 1 unspecified atom stereocenters. The highest BCUT2D eigenvalue weighted by Crippen LogP contribution is 2.11. The Morgan fingerprint density at radius 3 is 1.14 bits per heavy atom. The average molecular weight is 789 g/mol. The lowest BCUT2D eigenvalue weighted by Gasteiger charge is -2.15. The zero-order valence-electron chi connectivity index (χ0n) is 36.6. The van der Waals surface area contributed by atoms with E-state index in [4.69, 9.17) is 9.47 Å². The summed E-state index contributed by atoms with van der Waals surface area (Å²) in [5.41, 5.74) is 0. The van der Waals surface area contributed by atoms with Crippen molar-refractivity contribution >= 4 is 11.9 Å². The van der Waals surface area contributed by atoms with Crippen molar-refractivity contribution in [3.05, 3.63) is 109 Å². The quantitative estimate of drug-likeness (QED) is 0.0380. The van der Waals surface area contributed by atoms with Crippen LogP contribution in [-0.2, 0) is 19.1 Å². The molecule has 0 aromatic heterocycles. The highest BCUT2D eigenvalue weighted by atomic mass is 16.6. The van der Waals surface area contributed by atoms with Gasteiger partial charge in [0.2, 0.25) is 0 Å². The average Bonchev–Trinajstić information content (AvgIpc) is 3.21. The molecule has 0 aromatic carbocycles. The minimum Gasteiger partial charge on any atom is -0.462 e. The zero-order chi connectivity index (χ0) is 41.4. The fraction of sp³-hybridized carbons (Fsp3) is 0.615. The smallest absolute Gasteiger partial charge is 0.306 e. The van der Waals surface area contributed by atoms with Gasteiger partial charge in [0.1, 0.15) is 6.61 Å². The van der Waals surface area contributed by atoms with E-state index in [1.165, 1.54) is 44.9 Å². The van der Waals surface area contributed by atoms with Crippen molar-refractivity contribution in [1.29, 1.82) is 0 Å². The van der Waals surface area contributed by atoms with Gasteiger partial charge in [0.05, 0.1) is 6.61 Å². The molecule has 0 rings (SSSR count). The van der Waals surface area contributed by atoms with E-state index < -0.39 is 6.10 Å². The van der Waals surface area contributed by atoms with Crippen molar-refractivity contribution in [3.8, 4) is 0 Å². The van der Waals surface area contributed by atoms with Crippen LogP contribution in [-0.4, -0.2) is 36.4 Å². The Bertz CT molecular complexity index is 1160.